The lowest BCUT2D eigenvalue weighted by molar-refractivity contribution is 0.0689. The summed E-state index contributed by atoms with van der Waals surface area (Å²) in [6.45, 7) is 0. The number of halogens is 1. The van der Waals surface area contributed by atoms with E-state index in [0.29, 0.717) is 0 Å². The van der Waals surface area contributed by atoms with Crippen molar-refractivity contribution in [2.24, 2.45) is 7.05 Å². The van der Waals surface area contributed by atoms with Crippen LogP contribution in [0.1, 0.15) is 10.5 Å². The Balaban J connectivity index is 2.51. The van der Waals surface area contributed by atoms with Gasteiger partial charge in [-0.3, -0.25) is 4.68 Å². The smallest absolute Gasteiger partial charge is 0.356 e. The number of aryl methyl sites for hydroxylation is 1. The molecule has 0 aliphatic heterocycles. The van der Waals surface area contributed by atoms with Gasteiger partial charge < -0.3 is 9.84 Å². The number of benzene rings is 1. The van der Waals surface area contributed by atoms with Gasteiger partial charge in [-0.25, -0.2) is 4.79 Å². The Labute approximate surface area is 112 Å². The molecular formula is C12H11BrN2O3. The first-order chi connectivity index (χ1) is 8.52. The SMILES string of the molecule is COc1ccc(-c2cc(C(=O)O)nn2C)c(Br)c1. The highest BCUT2D eigenvalue weighted by molar-refractivity contribution is 9.10. The molecular weight excluding hydrogens is 300 g/mol. The van der Waals surface area contributed by atoms with Crippen molar-refractivity contribution < 1.29 is 14.6 Å². The molecule has 0 saturated carbocycles. The van der Waals surface area contributed by atoms with Gasteiger partial charge in [0, 0.05) is 17.1 Å². The predicted octanol–water partition coefficient (Wildman–Crippen LogP) is 2.56. The van der Waals surface area contributed by atoms with E-state index in [9.17, 15) is 4.79 Å². The third kappa shape index (κ3) is 2.24. The van der Waals surface area contributed by atoms with Gasteiger partial charge in [0.2, 0.25) is 0 Å². The zero-order valence-corrected chi connectivity index (χ0v) is 11.4. The van der Waals surface area contributed by atoms with Crippen LogP contribution in [0.4, 0.5) is 0 Å². The molecule has 0 aliphatic carbocycles. The monoisotopic (exact) mass is 310 g/mol. The molecule has 6 heteroatoms. The highest BCUT2D eigenvalue weighted by atomic mass is 79.9. The average molecular weight is 311 g/mol. The molecule has 0 aliphatic rings. The van der Waals surface area contributed by atoms with Crippen molar-refractivity contribution in [2.45, 2.75) is 0 Å². The van der Waals surface area contributed by atoms with Crippen LogP contribution in [-0.2, 0) is 7.05 Å². The van der Waals surface area contributed by atoms with Gasteiger partial charge >= 0.3 is 5.97 Å². The molecule has 18 heavy (non-hydrogen) atoms. The fourth-order valence-electron chi connectivity index (χ4n) is 1.65. The van der Waals surface area contributed by atoms with E-state index in [1.54, 1.807) is 14.2 Å². The number of rotatable bonds is 3. The fourth-order valence-corrected chi connectivity index (χ4v) is 2.22. The van der Waals surface area contributed by atoms with Crippen LogP contribution >= 0.6 is 15.9 Å². The van der Waals surface area contributed by atoms with Gasteiger partial charge in [-0.2, -0.15) is 5.10 Å². The Hall–Kier alpha value is -1.82. The van der Waals surface area contributed by atoms with Crippen molar-refractivity contribution in [2.75, 3.05) is 7.11 Å². The number of methoxy groups -OCH3 is 1. The number of aromatic carboxylic acids is 1. The van der Waals surface area contributed by atoms with Crippen LogP contribution in [0.25, 0.3) is 11.3 Å². The number of hydrogen-bond donors (Lipinski definition) is 1. The standard InChI is InChI=1S/C12H11BrN2O3/c1-15-11(6-10(14-15)12(16)17)8-4-3-7(18-2)5-9(8)13/h3-6H,1-2H3,(H,16,17). The van der Waals surface area contributed by atoms with Gasteiger partial charge in [-0.15, -0.1) is 0 Å². The number of carboxylic acid groups (broad SMARTS) is 1. The molecule has 1 aromatic carbocycles. The van der Waals surface area contributed by atoms with Crippen molar-refractivity contribution in [3.63, 3.8) is 0 Å². The van der Waals surface area contributed by atoms with Crippen LogP contribution in [0.3, 0.4) is 0 Å². The second-order valence-corrected chi connectivity index (χ2v) is 4.54. The second-order valence-electron chi connectivity index (χ2n) is 3.69. The van der Waals surface area contributed by atoms with E-state index in [-0.39, 0.29) is 5.69 Å². The lowest BCUT2D eigenvalue weighted by atomic mass is 10.1. The van der Waals surface area contributed by atoms with E-state index in [1.165, 1.54) is 10.7 Å². The lowest BCUT2D eigenvalue weighted by Crippen LogP contribution is -1.99. The summed E-state index contributed by atoms with van der Waals surface area (Å²) in [4.78, 5) is 10.9. The Bertz CT molecular complexity index is 607. The Morgan fingerprint density at radius 1 is 1.44 bits per heavy atom. The molecule has 1 aromatic heterocycles. The summed E-state index contributed by atoms with van der Waals surface area (Å²) < 4.78 is 7.47. The number of aromatic nitrogens is 2. The van der Waals surface area contributed by atoms with Gasteiger partial charge in [-0.1, -0.05) is 0 Å². The molecule has 0 radical (unpaired) electrons. The van der Waals surface area contributed by atoms with E-state index < -0.39 is 5.97 Å². The van der Waals surface area contributed by atoms with E-state index in [0.717, 1.165) is 21.5 Å². The quantitative estimate of drug-likeness (QED) is 0.946. The summed E-state index contributed by atoms with van der Waals surface area (Å²) >= 11 is 3.44. The minimum Gasteiger partial charge on any atom is -0.497 e. The summed E-state index contributed by atoms with van der Waals surface area (Å²) in [5.74, 6) is -0.312. The molecule has 0 amide bonds. The van der Waals surface area contributed by atoms with Gasteiger partial charge in [0.1, 0.15) is 5.75 Å². The molecule has 2 aromatic rings. The van der Waals surface area contributed by atoms with Crippen LogP contribution < -0.4 is 4.74 Å². The second kappa shape index (κ2) is 4.81. The van der Waals surface area contributed by atoms with E-state index >= 15 is 0 Å². The highest BCUT2D eigenvalue weighted by Gasteiger charge is 2.14. The molecule has 0 bridgehead atoms. The van der Waals surface area contributed by atoms with Crippen LogP contribution in [0.5, 0.6) is 5.75 Å². The summed E-state index contributed by atoms with van der Waals surface area (Å²) in [6, 6.07) is 7.02. The van der Waals surface area contributed by atoms with Crippen molar-refractivity contribution >= 4 is 21.9 Å². The first kappa shape index (κ1) is 12.6. The third-order valence-electron chi connectivity index (χ3n) is 2.55. The Morgan fingerprint density at radius 2 is 2.17 bits per heavy atom. The number of ether oxygens (including phenoxy) is 1. The molecule has 5 nitrogen and oxygen atoms in total. The molecule has 0 spiro atoms. The normalized spacial score (nSPS) is 10.4. The third-order valence-corrected chi connectivity index (χ3v) is 3.21. The summed E-state index contributed by atoms with van der Waals surface area (Å²) in [6.07, 6.45) is 0. The molecule has 1 N–H and O–H groups in total. The predicted molar refractivity (Wildman–Crippen MR) is 69.9 cm³/mol. The van der Waals surface area contributed by atoms with Crippen molar-refractivity contribution in [1.29, 1.82) is 0 Å². The number of nitrogens with zero attached hydrogens (tertiary/aromatic N) is 2. The molecule has 94 valence electrons. The molecule has 0 saturated heterocycles. The zero-order valence-electron chi connectivity index (χ0n) is 9.85. The number of carbonyl (C=O) groups is 1. The Morgan fingerprint density at radius 3 is 2.67 bits per heavy atom. The van der Waals surface area contributed by atoms with Crippen LogP contribution in [0, 0.1) is 0 Å². The first-order valence-corrected chi connectivity index (χ1v) is 5.93. The van der Waals surface area contributed by atoms with Crippen molar-refractivity contribution in [3.8, 4) is 17.0 Å². The maximum Gasteiger partial charge on any atom is 0.356 e. The van der Waals surface area contributed by atoms with Gasteiger partial charge in [0.25, 0.3) is 0 Å². The van der Waals surface area contributed by atoms with E-state index in [2.05, 4.69) is 21.0 Å². The molecule has 1 heterocycles. The molecule has 0 fully saturated rings. The van der Waals surface area contributed by atoms with Crippen molar-refractivity contribution in [3.05, 3.63) is 34.4 Å². The minimum atomic E-state index is -1.04. The largest absolute Gasteiger partial charge is 0.497 e. The zero-order chi connectivity index (χ0) is 13.3. The fraction of sp³-hybridized carbons (Fsp3) is 0.167. The lowest BCUT2D eigenvalue weighted by Gasteiger charge is -2.06. The van der Waals surface area contributed by atoms with E-state index in [1.807, 2.05) is 18.2 Å². The molecule has 0 atom stereocenters. The van der Waals surface area contributed by atoms with Gasteiger partial charge in [-0.05, 0) is 40.2 Å². The maximum absolute atomic E-state index is 10.9. The van der Waals surface area contributed by atoms with Crippen LogP contribution in [0.2, 0.25) is 0 Å². The summed E-state index contributed by atoms with van der Waals surface area (Å²) in [7, 11) is 3.30. The van der Waals surface area contributed by atoms with Crippen LogP contribution in [0.15, 0.2) is 28.7 Å². The number of hydrogen-bond acceptors (Lipinski definition) is 3. The van der Waals surface area contributed by atoms with E-state index in [4.69, 9.17) is 9.84 Å². The molecule has 0 unspecified atom stereocenters. The van der Waals surface area contributed by atoms with Crippen molar-refractivity contribution in [1.82, 2.24) is 9.78 Å². The summed E-state index contributed by atoms with van der Waals surface area (Å²) in [5.41, 5.74) is 1.61. The maximum atomic E-state index is 10.9. The first-order valence-electron chi connectivity index (χ1n) is 5.14. The van der Waals surface area contributed by atoms with Crippen LogP contribution in [-0.4, -0.2) is 28.0 Å². The Kier molecular flexibility index (Phi) is 3.38. The highest BCUT2D eigenvalue weighted by Crippen LogP contribution is 2.31. The number of carboxylic acids is 1. The molecule has 2 rings (SSSR count). The summed E-state index contributed by atoms with van der Waals surface area (Å²) in [5, 5.41) is 12.8. The average Bonchev–Trinajstić information content (AvgIpc) is 2.71. The topological polar surface area (TPSA) is 64.3 Å². The van der Waals surface area contributed by atoms with Gasteiger partial charge in [0.05, 0.1) is 12.8 Å². The van der Waals surface area contributed by atoms with Gasteiger partial charge in [0.15, 0.2) is 5.69 Å². The minimum absolute atomic E-state index is 0.0234.